The van der Waals surface area contributed by atoms with Gasteiger partial charge in [0.05, 0.1) is 18.8 Å². The minimum absolute atomic E-state index is 0.0695. The highest BCUT2D eigenvalue weighted by atomic mass is 16.5. The van der Waals surface area contributed by atoms with Crippen LogP contribution in [0.1, 0.15) is 19.3 Å². The number of nitrogen functional groups attached to an aromatic ring is 1. The zero-order valence-electron chi connectivity index (χ0n) is 10.2. The number of amides is 1. The van der Waals surface area contributed by atoms with E-state index in [2.05, 4.69) is 10.1 Å². The Morgan fingerprint density at radius 3 is 3.22 bits per heavy atom. The summed E-state index contributed by atoms with van der Waals surface area (Å²) < 4.78 is 7.17. The Morgan fingerprint density at radius 2 is 2.44 bits per heavy atom. The fourth-order valence-electron chi connectivity index (χ4n) is 2.85. The maximum Gasteiger partial charge on any atom is 0.244 e. The largest absolute Gasteiger partial charge is 0.374 e. The van der Waals surface area contributed by atoms with Crippen molar-refractivity contribution in [3.8, 4) is 0 Å². The van der Waals surface area contributed by atoms with Gasteiger partial charge in [0.15, 0.2) is 0 Å². The number of carbonyl (C=O) groups excluding carboxylic acids is 1. The van der Waals surface area contributed by atoms with Gasteiger partial charge in [-0.25, -0.2) is 9.67 Å². The maximum atomic E-state index is 12.3. The van der Waals surface area contributed by atoms with E-state index in [0.717, 1.165) is 19.3 Å². The van der Waals surface area contributed by atoms with Crippen LogP contribution in [0.2, 0.25) is 0 Å². The molecule has 2 atom stereocenters. The highest BCUT2D eigenvalue weighted by molar-refractivity contribution is 5.76. The molecule has 2 heterocycles. The van der Waals surface area contributed by atoms with Crippen LogP contribution in [0, 0.1) is 0 Å². The minimum atomic E-state index is 0.0695. The quantitative estimate of drug-likeness (QED) is 0.775. The Labute approximate surface area is 105 Å². The Hall–Kier alpha value is -1.63. The molecule has 0 spiro atoms. The molecule has 1 aromatic heterocycles. The number of hydrogen-bond acceptors (Lipinski definition) is 5. The van der Waals surface area contributed by atoms with E-state index in [1.165, 1.54) is 11.0 Å². The molecule has 2 aliphatic rings. The first kappa shape index (κ1) is 11.5. The van der Waals surface area contributed by atoms with Crippen LogP contribution in [0.5, 0.6) is 0 Å². The van der Waals surface area contributed by atoms with E-state index in [-0.39, 0.29) is 30.5 Å². The van der Waals surface area contributed by atoms with Crippen molar-refractivity contribution < 1.29 is 9.53 Å². The van der Waals surface area contributed by atoms with Crippen molar-refractivity contribution in [3.05, 3.63) is 6.33 Å². The normalized spacial score (nSPS) is 27.2. The summed E-state index contributed by atoms with van der Waals surface area (Å²) in [6, 6.07) is 0.243. The molecule has 7 nitrogen and oxygen atoms in total. The van der Waals surface area contributed by atoms with Gasteiger partial charge in [-0.1, -0.05) is 0 Å². The molecule has 7 heteroatoms. The number of ether oxygens (including phenoxy) is 1. The van der Waals surface area contributed by atoms with Crippen molar-refractivity contribution in [3.63, 3.8) is 0 Å². The molecule has 0 bridgehead atoms. The minimum Gasteiger partial charge on any atom is -0.374 e. The molecule has 1 aromatic rings. The highest BCUT2D eigenvalue weighted by Gasteiger charge is 2.38. The molecule has 2 N–H and O–H groups in total. The first-order valence-corrected chi connectivity index (χ1v) is 6.30. The molecule has 3 rings (SSSR count). The molecule has 1 amide bonds. The summed E-state index contributed by atoms with van der Waals surface area (Å²) in [5.74, 6) is 0.267. The lowest BCUT2D eigenvalue weighted by Crippen LogP contribution is -2.52. The molecule has 18 heavy (non-hydrogen) atoms. The van der Waals surface area contributed by atoms with Crippen molar-refractivity contribution in [1.82, 2.24) is 19.7 Å². The Bertz CT molecular complexity index is 446. The Balaban J connectivity index is 1.68. The standard InChI is InChI=1S/C11H17N5O2/c12-11-13-7-15(14-11)6-10(17)16-4-5-18-9-3-1-2-8(9)16/h7-9H,1-6H2,(H2,12,14). The highest BCUT2D eigenvalue weighted by Crippen LogP contribution is 2.29. The van der Waals surface area contributed by atoms with Gasteiger partial charge in [-0.15, -0.1) is 5.10 Å². The first-order valence-electron chi connectivity index (χ1n) is 6.30. The molecular formula is C11H17N5O2. The fraction of sp³-hybridized carbons (Fsp3) is 0.727. The van der Waals surface area contributed by atoms with Crippen molar-refractivity contribution in [2.75, 3.05) is 18.9 Å². The summed E-state index contributed by atoms with van der Waals surface area (Å²) in [6.07, 6.45) is 4.94. The number of aromatic nitrogens is 3. The van der Waals surface area contributed by atoms with E-state index in [9.17, 15) is 4.79 Å². The van der Waals surface area contributed by atoms with E-state index in [4.69, 9.17) is 10.5 Å². The van der Waals surface area contributed by atoms with Crippen LogP contribution < -0.4 is 5.73 Å². The third kappa shape index (κ3) is 2.05. The van der Waals surface area contributed by atoms with Gasteiger partial charge in [0.25, 0.3) is 0 Å². The number of morpholine rings is 1. The van der Waals surface area contributed by atoms with Gasteiger partial charge in [0, 0.05) is 6.54 Å². The lowest BCUT2D eigenvalue weighted by atomic mass is 10.1. The Kier molecular flexibility index (Phi) is 2.91. The van der Waals surface area contributed by atoms with Crippen LogP contribution in [0.15, 0.2) is 6.33 Å². The molecule has 0 radical (unpaired) electrons. The Morgan fingerprint density at radius 1 is 1.56 bits per heavy atom. The molecule has 0 aromatic carbocycles. The van der Waals surface area contributed by atoms with E-state index in [0.29, 0.717) is 13.2 Å². The van der Waals surface area contributed by atoms with Gasteiger partial charge in [-0.05, 0) is 19.3 Å². The number of rotatable bonds is 2. The average Bonchev–Trinajstić information content (AvgIpc) is 2.97. The number of nitrogens with zero attached hydrogens (tertiary/aromatic N) is 4. The van der Waals surface area contributed by atoms with Crippen LogP contribution in [-0.4, -0.2) is 50.9 Å². The van der Waals surface area contributed by atoms with Crippen molar-refractivity contribution in [1.29, 1.82) is 0 Å². The summed E-state index contributed by atoms with van der Waals surface area (Å²) in [5, 5.41) is 3.94. The van der Waals surface area contributed by atoms with E-state index < -0.39 is 0 Å². The van der Waals surface area contributed by atoms with Gasteiger partial charge < -0.3 is 15.4 Å². The number of nitrogens with two attached hydrogens (primary N) is 1. The second-order valence-electron chi connectivity index (χ2n) is 4.79. The number of carbonyl (C=O) groups is 1. The monoisotopic (exact) mass is 251 g/mol. The van der Waals surface area contributed by atoms with Gasteiger partial charge >= 0.3 is 0 Å². The molecule has 1 aliphatic carbocycles. The van der Waals surface area contributed by atoms with Gasteiger partial charge in [0.1, 0.15) is 12.9 Å². The van der Waals surface area contributed by atoms with Crippen LogP contribution in [0.3, 0.4) is 0 Å². The van der Waals surface area contributed by atoms with Crippen LogP contribution in [0.25, 0.3) is 0 Å². The summed E-state index contributed by atoms with van der Waals surface area (Å²) in [6.45, 7) is 1.50. The zero-order chi connectivity index (χ0) is 12.5. The van der Waals surface area contributed by atoms with Crippen molar-refractivity contribution in [2.45, 2.75) is 38.0 Å². The van der Waals surface area contributed by atoms with Gasteiger partial charge in [0.2, 0.25) is 11.9 Å². The topological polar surface area (TPSA) is 86.3 Å². The predicted octanol–water partition coefficient (Wildman–Crippen LogP) is -0.360. The third-order valence-electron chi connectivity index (χ3n) is 3.65. The number of anilines is 1. The molecule has 1 saturated heterocycles. The SMILES string of the molecule is Nc1ncn(CC(=O)N2CCOC3CCCC32)n1. The second kappa shape index (κ2) is 4.56. The molecule has 1 aliphatic heterocycles. The first-order chi connectivity index (χ1) is 8.74. The van der Waals surface area contributed by atoms with Crippen LogP contribution >= 0.6 is 0 Å². The molecular weight excluding hydrogens is 234 g/mol. The van der Waals surface area contributed by atoms with E-state index in [1.807, 2.05) is 4.90 Å². The average molecular weight is 251 g/mol. The van der Waals surface area contributed by atoms with Crippen LogP contribution in [0.4, 0.5) is 5.95 Å². The van der Waals surface area contributed by atoms with Crippen molar-refractivity contribution >= 4 is 11.9 Å². The van der Waals surface area contributed by atoms with Gasteiger partial charge in [-0.3, -0.25) is 4.79 Å². The lowest BCUT2D eigenvalue weighted by molar-refractivity contribution is -0.144. The predicted molar refractivity (Wildman–Crippen MR) is 63.5 cm³/mol. The lowest BCUT2D eigenvalue weighted by Gasteiger charge is -2.37. The van der Waals surface area contributed by atoms with Crippen LogP contribution in [-0.2, 0) is 16.1 Å². The summed E-state index contributed by atoms with van der Waals surface area (Å²) in [4.78, 5) is 18.0. The van der Waals surface area contributed by atoms with E-state index in [1.54, 1.807) is 0 Å². The summed E-state index contributed by atoms with van der Waals surface area (Å²) in [5.41, 5.74) is 5.43. The zero-order valence-corrected chi connectivity index (χ0v) is 10.2. The molecule has 2 unspecified atom stereocenters. The van der Waals surface area contributed by atoms with Crippen molar-refractivity contribution in [2.24, 2.45) is 0 Å². The third-order valence-corrected chi connectivity index (χ3v) is 3.65. The fourth-order valence-corrected chi connectivity index (χ4v) is 2.85. The molecule has 98 valence electrons. The summed E-state index contributed by atoms with van der Waals surface area (Å²) in [7, 11) is 0. The van der Waals surface area contributed by atoms with Gasteiger partial charge in [-0.2, -0.15) is 0 Å². The van der Waals surface area contributed by atoms with E-state index >= 15 is 0 Å². The smallest absolute Gasteiger partial charge is 0.244 e. The summed E-state index contributed by atoms with van der Waals surface area (Å²) >= 11 is 0. The second-order valence-corrected chi connectivity index (χ2v) is 4.79. The molecule has 1 saturated carbocycles. The maximum absolute atomic E-state index is 12.3. The number of fused-ring (bicyclic) bond motifs is 1. The molecule has 2 fully saturated rings. The number of hydrogen-bond donors (Lipinski definition) is 1.